The summed E-state index contributed by atoms with van der Waals surface area (Å²) in [4.78, 5) is 25.2. The van der Waals surface area contributed by atoms with Crippen LogP contribution in [-0.2, 0) is 0 Å². The van der Waals surface area contributed by atoms with Crippen LogP contribution in [-0.4, -0.2) is 21.4 Å². The first kappa shape index (κ1) is 18.4. The minimum atomic E-state index is -0.573. The second-order valence-electron chi connectivity index (χ2n) is 6.36. The SMILES string of the molecule is C/C(=N/NC(=O)c1nn(C(C)C)c(=O)c2ccccc12)c1ccccc1F. The fraction of sp³-hybridized carbons (Fsp3) is 0.200. The lowest BCUT2D eigenvalue weighted by Crippen LogP contribution is -2.30. The molecular weight excluding hydrogens is 347 g/mol. The fourth-order valence-electron chi connectivity index (χ4n) is 2.73. The molecule has 138 valence electrons. The van der Waals surface area contributed by atoms with Crippen molar-refractivity contribution in [3.8, 4) is 0 Å². The number of carbonyl (C=O) groups excluding carboxylic acids is 1. The molecule has 0 atom stereocenters. The van der Waals surface area contributed by atoms with Gasteiger partial charge in [0.05, 0.1) is 17.1 Å². The third kappa shape index (κ3) is 3.62. The van der Waals surface area contributed by atoms with Gasteiger partial charge in [-0.25, -0.2) is 14.5 Å². The molecule has 2 aromatic carbocycles. The monoisotopic (exact) mass is 366 g/mol. The Bertz CT molecular complexity index is 1100. The summed E-state index contributed by atoms with van der Waals surface area (Å²) in [6.07, 6.45) is 0. The maximum atomic E-state index is 13.8. The summed E-state index contributed by atoms with van der Waals surface area (Å²) in [6.45, 7) is 5.22. The van der Waals surface area contributed by atoms with Crippen LogP contribution >= 0.6 is 0 Å². The molecule has 0 saturated carbocycles. The van der Waals surface area contributed by atoms with Gasteiger partial charge in [0.1, 0.15) is 5.82 Å². The van der Waals surface area contributed by atoms with Crippen LogP contribution in [0.2, 0.25) is 0 Å². The number of carbonyl (C=O) groups is 1. The summed E-state index contributed by atoms with van der Waals surface area (Å²) < 4.78 is 15.1. The molecule has 1 amide bonds. The zero-order chi connectivity index (χ0) is 19.6. The first-order valence-electron chi connectivity index (χ1n) is 8.51. The van der Waals surface area contributed by atoms with Crippen LogP contribution < -0.4 is 11.0 Å². The van der Waals surface area contributed by atoms with Gasteiger partial charge in [-0.05, 0) is 32.9 Å². The maximum Gasteiger partial charge on any atom is 0.292 e. The number of nitrogens with zero attached hydrogens (tertiary/aromatic N) is 3. The topological polar surface area (TPSA) is 76.3 Å². The smallest absolute Gasteiger partial charge is 0.267 e. The Morgan fingerprint density at radius 1 is 1.11 bits per heavy atom. The van der Waals surface area contributed by atoms with E-state index in [1.54, 1.807) is 49.4 Å². The molecule has 6 nitrogen and oxygen atoms in total. The maximum absolute atomic E-state index is 13.8. The fourth-order valence-corrected chi connectivity index (χ4v) is 2.73. The van der Waals surface area contributed by atoms with Gasteiger partial charge in [0.25, 0.3) is 11.5 Å². The number of halogens is 1. The third-order valence-electron chi connectivity index (χ3n) is 4.12. The lowest BCUT2D eigenvalue weighted by Gasteiger charge is -2.12. The average molecular weight is 366 g/mol. The van der Waals surface area contributed by atoms with E-state index in [4.69, 9.17) is 0 Å². The van der Waals surface area contributed by atoms with Crippen molar-refractivity contribution in [2.45, 2.75) is 26.8 Å². The Hall–Kier alpha value is -3.35. The van der Waals surface area contributed by atoms with Gasteiger partial charge < -0.3 is 0 Å². The first-order valence-corrected chi connectivity index (χ1v) is 8.51. The molecule has 0 unspecified atom stereocenters. The van der Waals surface area contributed by atoms with Crippen LogP contribution in [0.4, 0.5) is 4.39 Å². The van der Waals surface area contributed by atoms with E-state index in [1.807, 2.05) is 13.8 Å². The molecule has 0 bridgehead atoms. The first-order chi connectivity index (χ1) is 12.9. The van der Waals surface area contributed by atoms with E-state index in [1.165, 1.54) is 10.7 Å². The van der Waals surface area contributed by atoms with E-state index in [0.717, 1.165) is 0 Å². The highest BCUT2D eigenvalue weighted by Crippen LogP contribution is 2.15. The van der Waals surface area contributed by atoms with Crippen LogP contribution in [0.3, 0.4) is 0 Å². The minimum Gasteiger partial charge on any atom is -0.267 e. The second kappa shape index (κ2) is 7.49. The number of hydrazone groups is 1. The van der Waals surface area contributed by atoms with Crippen molar-refractivity contribution in [2.24, 2.45) is 5.10 Å². The molecular formula is C20H19FN4O2. The van der Waals surface area contributed by atoms with Crippen LogP contribution in [0, 0.1) is 5.82 Å². The van der Waals surface area contributed by atoms with E-state index < -0.39 is 11.7 Å². The molecule has 0 aliphatic carbocycles. The van der Waals surface area contributed by atoms with Crippen LogP contribution in [0.25, 0.3) is 10.8 Å². The highest BCUT2D eigenvalue weighted by atomic mass is 19.1. The highest BCUT2D eigenvalue weighted by Gasteiger charge is 2.17. The molecule has 0 radical (unpaired) electrons. The van der Waals surface area contributed by atoms with Crippen LogP contribution in [0.15, 0.2) is 58.4 Å². The number of nitrogens with one attached hydrogen (secondary N) is 1. The number of amides is 1. The van der Waals surface area contributed by atoms with Gasteiger partial charge in [-0.1, -0.05) is 36.4 Å². The van der Waals surface area contributed by atoms with Crippen molar-refractivity contribution in [3.05, 3.63) is 76.0 Å². The second-order valence-corrected chi connectivity index (χ2v) is 6.36. The third-order valence-corrected chi connectivity index (χ3v) is 4.12. The molecule has 0 aliphatic rings. The van der Waals surface area contributed by atoms with Gasteiger partial charge in [0.15, 0.2) is 5.69 Å². The molecule has 7 heteroatoms. The van der Waals surface area contributed by atoms with Crippen LogP contribution in [0.1, 0.15) is 42.9 Å². The van der Waals surface area contributed by atoms with Crippen molar-refractivity contribution in [1.82, 2.24) is 15.2 Å². The van der Waals surface area contributed by atoms with Crippen LogP contribution in [0.5, 0.6) is 0 Å². The van der Waals surface area contributed by atoms with Crippen molar-refractivity contribution in [2.75, 3.05) is 0 Å². The summed E-state index contributed by atoms with van der Waals surface area (Å²) in [5, 5.41) is 9.05. The molecule has 3 aromatic rings. The number of rotatable bonds is 4. The van der Waals surface area contributed by atoms with Gasteiger partial charge in [-0.3, -0.25) is 9.59 Å². The average Bonchev–Trinajstić information content (AvgIpc) is 2.66. The van der Waals surface area contributed by atoms with Gasteiger partial charge >= 0.3 is 0 Å². The number of hydrogen-bond acceptors (Lipinski definition) is 4. The largest absolute Gasteiger partial charge is 0.292 e. The number of benzene rings is 2. The summed E-state index contributed by atoms with van der Waals surface area (Å²) >= 11 is 0. The number of fused-ring (bicyclic) bond motifs is 1. The van der Waals surface area contributed by atoms with Gasteiger partial charge in [0, 0.05) is 10.9 Å². The molecule has 1 heterocycles. The zero-order valence-corrected chi connectivity index (χ0v) is 15.2. The molecule has 0 spiro atoms. The van der Waals surface area contributed by atoms with E-state index >= 15 is 0 Å². The molecule has 1 N–H and O–H groups in total. The summed E-state index contributed by atoms with van der Waals surface area (Å²) in [6, 6.07) is 12.7. The Morgan fingerprint density at radius 3 is 2.41 bits per heavy atom. The summed E-state index contributed by atoms with van der Waals surface area (Å²) in [7, 11) is 0. The summed E-state index contributed by atoms with van der Waals surface area (Å²) in [5.74, 6) is -0.999. The Balaban J connectivity index is 2.01. The van der Waals surface area contributed by atoms with Gasteiger partial charge in [-0.2, -0.15) is 10.2 Å². The van der Waals surface area contributed by atoms with Gasteiger partial charge in [-0.15, -0.1) is 0 Å². The molecule has 0 aliphatic heterocycles. The van der Waals surface area contributed by atoms with E-state index in [2.05, 4.69) is 15.6 Å². The Labute approximate surface area is 155 Å². The normalized spacial score (nSPS) is 11.8. The molecule has 0 saturated heterocycles. The minimum absolute atomic E-state index is 0.0870. The van der Waals surface area contributed by atoms with E-state index in [9.17, 15) is 14.0 Å². The molecule has 27 heavy (non-hydrogen) atoms. The standard InChI is InChI=1S/C20H19FN4O2/c1-12(2)25-20(27)16-10-5-4-9-15(16)18(24-25)19(26)23-22-13(3)14-8-6-7-11-17(14)21/h4-12H,1-3H3,(H,23,26)/b22-13-. The van der Waals surface area contributed by atoms with Gasteiger partial charge in [0.2, 0.25) is 0 Å². The van der Waals surface area contributed by atoms with E-state index in [0.29, 0.717) is 22.0 Å². The molecule has 0 fully saturated rings. The predicted octanol–water partition coefficient (Wildman–Crippen LogP) is 3.27. The molecule has 3 rings (SSSR count). The van der Waals surface area contributed by atoms with E-state index in [-0.39, 0.29) is 17.3 Å². The van der Waals surface area contributed by atoms with Crippen molar-refractivity contribution in [1.29, 1.82) is 0 Å². The lowest BCUT2D eigenvalue weighted by molar-refractivity contribution is 0.0949. The number of aromatic nitrogens is 2. The number of hydrogen-bond donors (Lipinski definition) is 1. The summed E-state index contributed by atoms with van der Waals surface area (Å²) in [5.41, 5.74) is 2.85. The Morgan fingerprint density at radius 2 is 1.74 bits per heavy atom. The Kier molecular flexibility index (Phi) is 5.12. The lowest BCUT2D eigenvalue weighted by atomic mass is 10.1. The highest BCUT2D eigenvalue weighted by molar-refractivity contribution is 6.06. The quantitative estimate of drug-likeness (QED) is 0.569. The van der Waals surface area contributed by atoms with Crippen molar-refractivity contribution in [3.63, 3.8) is 0 Å². The molecule has 1 aromatic heterocycles. The van der Waals surface area contributed by atoms with Crippen molar-refractivity contribution >= 4 is 22.4 Å². The van der Waals surface area contributed by atoms with Crippen molar-refractivity contribution < 1.29 is 9.18 Å². The zero-order valence-electron chi connectivity index (χ0n) is 15.2. The predicted molar refractivity (Wildman–Crippen MR) is 102 cm³/mol.